The summed E-state index contributed by atoms with van der Waals surface area (Å²) in [7, 11) is 0. The minimum atomic E-state index is -1.86. The summed E-state index contributed by atoms with van der Waals surface area (Å²) in [5.74, 6) is -0.605. The van der Waals surface area contributed by atoms with Gasteiger partial charge < -0.3 is 5.11 Å². The molecule has 164 valence electrons. The first-order chi connectivity index (χ1) is 16.1. The van der Waals surface area contributed by atoms with Crippen LogP contribution in [0, 0.1) is 0 Å². The van der Waals surface area contributed by atoms with Crippen molar-refractivity contribution < 1.29 is 9.90 Å². The van der Waals surface area contributed by atoms with Crippen molar-refractivity contribution in [1.29, 1.82) is 0 Å². The van der Waals surface area contributed by atoms with E-state index in [4.69, 9.17) is 0 Å². The Hall–Kier alpha value is -4.02. The van der Waals surface area contributed by atoms with E-state index in [0.717, 1.165) is 22.4 Å². The molecule has 2 N–H and O–H groups in total. The molecule has 0 fully saturated rings. The maximum atomic E-state index is 13.3. The Bertz CT molecular complexity index is 1180. The van der Waals surface area contributed by atoms with E-state index in [0.29, 0.717) is 17.5 Å². The van der Waals surface area contributed by atoms with Crippen LogP contribution in [0.15, 0.2) is 120 Å². The van der Waals surface area contributed by atoms with Gasteiger partial charge in [0.15, 0.2) is 5.60 Å². The number of benzene rings is 4. The van der Waals surface area contributed by atoms with Crippen LogP contribution in [-0.2, 0) is 10.4 Å². The second-order valence-corrected chi connectivity index (χ2v) is 7.74. The van der Waals surface area contributed by atoms with Gasteiger partial charge in [0.1, 0.15) is 0 Å². The van der Waals surface area contributed by atoms with Gasteiger partial charge in [0, 0.05) is 0 Å². The van der Waals surface area contributed by atoms with Gasteiger partial charge in [-0.05, 0) is 34.2 Å². The zero-order valence-electron chi connectivity index (χ0n) is 18.5. The van der Waals surface area contributed by atoms with Gasteiger partial charge in [0.05, 0.1) is 5.71 Å². The third kappa shape index (κ3) is 4.76. The van der Waals surface area contributed by atoms with Crippen LogP contribution >= 0.6 is 0 Å². The third-order valence-corrected chi connectivity index (χ3v) is 5.66. The Morgan fingerprint density at radius 3 is 1.67 bits per heavy atom. The molecule has 0 unspecified atom stereocenters. The molecule has 4 rings (SSSR count). The molecule has 0 atom stereocenters. The lowest BCUT2D eigenvalue weighted by molar-refractivity contribution is -0.136. The van der Waals surface area contributed by atoms with E-state index in [1.54, 1.807) is 48.5 Å². The molecule has 0 aliphatic carbocycles. The van der Waals surface area contributed by atoms with Gasteiger partial charge in [-0.15, -0.1) is 0 Å². The molecular formula is C29H26N2O2. The van der Waals surface area contributed by atoms with Crippen LogP contribution in [-0.4, -0.2) is 16.7 Å². The lowest BCUT2D eigenvalue weighted by atomic mass is 9.85. The van der Waals surface area contributed by atoms with Crippen molar-refractivity contribution in [2.24, 2.45) is 5.10 Å². The number of hydrogen-bond donors (Lipinski definition) is 2. The van der Waals surface area contributed by atoms with Crippen molar-refractivity contribution in [3.63, 3.8) is 0 Å². The molecular weight excluding hydrogens is 408 g/mol. The quantitative estimate of drug-likeness (QED) is 0.297. The van der Waals surface area contributed by atoms with Crippen molar-refractivity contribution in [1.82, 2.24) is 5.43 Å². The molecule has 0 saturated heterocycles. The van der Waals surface area contributed by atoms with Crippen LogP contribution in [0.3, 0.4) is 0 Å². The molecule has 0 bridgehead atoms. The number of rotatable bonds is 7. The summed E-state index contributed by atoms with van der Waals surface area (Å²) in [6.07, 6.45) is 0.625. The van der Waals surface area contributed by atoms with Crippen LogP contribution in [0.1, 0.15) is 30.0 Å². The molecule has 0 aliphatic rings. The minimum Gasteiger partial charge on any atom is -0.372 e. The Morgan fingerprint density at radius 1 is 0.727 bits per heavy atom. The fourth-order valence-electron chi connectivity index (χ4n) is 3.82. The first kappa shape index (κ1) is 22.2. The number of hydrogen-bond acceptors (Lipinski definition) is 3. The zero-order chi connectivity index (χ0) is 23.1. The average molecular weight is 435 g/mol. The second-order valence-electron chi connectivity index (χ2n) is 7.74. The maximum absolute atomic E-state index is 13.3. The molecule has 0 aromatic heterocycles. The molecule has 4 aromatic rings. The Morgan fingerprint density at radius 2 is 1.18 bits per heavy atom. The van der Waals surface area contributed by atoms with Crippen LogP contribution in [0.25, 0.3) is 11.1 Å². The number of nitrogens with zero attached hydrogens (tertiary/aromatic N) is 1. The molecule has 4 aromatic carbocycles. The first-order valence-corrected chi connectivity index (χ1v) is 11.0. The molecule has 0 heterocycles. The summed E-state index contributed by atoms with van der Waals surface area (Å²) in [5.41, 5.74) is 5.62. The molecule has 0 spiro atoms. The molecule has 33 heavy (non-hydrogen) atoms. The smallest absolute Gasteiger partial charge is 0.281 e. The number of nitrogens with one attached hydrogen (secondary N) is 1. The maximum Gasteiger partial charge on any atom is 0.281 e. The largest absolute Gasteiger partial charge is 0.372 e. The fraction of sp³-hybridized carbons (Fsp3) is 0.103. The van der Waals surface area contributed by atoms with Gasteiger partial charge in [-0.25, -0.2) is 5.43 Å². The third-order valence-electron chi connectivity index (χ3n) is 5.66. The van der Waals surface area contributed by atoms with Crippen LogP contribution in [0.5, 0.6) is 0 Å². The molecule has 1 amide bonds. The lowest BCUT2D eigenvalue weighted by Gasteiger charge is -2.27. The predicted octanol–water partition coefficient (Wildman–Crippen LogP) is 5.52. The van der Waals surface area contributed by atoms with Gasteiger partial charge in [0.2, 0.25) is 0 Å². The standard InChI is InChI=1S/C29H26N2O2/c1-2-27(24-20-18-23(19-21-24)22-12-6-3-7-13-22)30-31-28(32)29(33,25-14-8-4-9-15-25)26-16-10-5-11-17-26/h3-21,33H,2H2,1H3,(H,31,32)/b30-27+. The highest BCUT2D eigenvalue weighted by atomic mass is 16.3. The van der Waals surface area contributed by atoms with Gasteiger partial charge >= 0.3 is 0 Å². The van der Waals surface area contributed by atoms with Crippen LogP contribution in [0.4, 0.5) is 0 Å². The van der Waals surface area contributed by atoms with E-state index in [9.17, 15) is 9.90 Å². The van der Waals surface area contributed by atoms with Gasteiger partial charge in [-0.1, -0.05) is 122 Å². The van der Waals surface area contributed by atoms with E-state index in [1.807, 2.05) is 61.5 Å². The second kappa shape index (κ2) is 10.1. The summed E-state index contributed by atoms with van der Waals surface area (Å²) in [5, 5.41) is 15.9. The number of amides is 1. The monoisotopic (exact) mass is 434 g/mol. The predicted molar refractivity (Wildman–Crippen MR) is 133 cm³/mol. The number of hydrazone groups is 1. The number of carbonyl (C=O) groups excluding carboxylic acids is 1. The van der Waals surface area contributed by atoms with Crippen LogP contribution < -0.4 is 5.43 Å². The normalized spacial score (nSPS) is 11.8. The zero-order valence-corrected chi connectivity index (χ0v) is 18.5. The van der Waals surface area contributed by atoms with Gasteiger partial charge in [0.25, 0.3) is 5.91 Å². The summed E-state index contributed by atoms with van der Waals surface area (Å²) in [6.45, 7) is 1.98. The Balaban J connectivity index is 1.61. The lowest BCUT2D eigenvalue weighted by Crippen LogP contribution is -2.44. The summed E-state index contributed by atoms with van der Waals surface area (Å²) < 4.78 is 0. The Labute approximate surface area is 194 Å². The van der Waals surface area contributed by atoms with Crippen LogP contribution in [0.2, 0.25) is 0 Å². The van der Waals surface area contributed by atoms with Crippen molar-refractivity contribution >= 4 is 11.6 Å². The van der Waals surface area contributed by atoms with Gasteiger partial charge in [-0.2, -0.15) is 5.10 Å². The van der Waals surface area contributed by atoms with E-state index in [-0.39, 0.29) is 0 Å². The highest BCUT2D eigenvalue weighted by Gasteiger charge is 2.40. The van der Waals surface area contributed by atoms with E-state index >= 15 is 0 Å². The number of carbonyl (C=O) groups is 1. The van der Waals surface area contributed by atoms with E-state index in [1.165, 1.54) is 0 Å². The van der Waals surface area contributed by atoms with Gasteiger partial charge in [-0.3, -0.25) is 4.79 Å². The average Bonchev–Trinajstić information content (AvgIpc) is 2.90. The summed E-state index contributed by atoms with van der Waals surface area (Å²) >= 11 is 0. The summed E-state index contributed by atoms with van der Waals surface area (Å²) in [4.78, 5) is 13.3. The SMILES string of the molecule is CC/C(=N\NC(=O)C(O)(c1ccccc1)c1ccccc1)c1ccc(-c2ccccc2)cc1. The molecule has 0 saturated carbocycles. The molecule has 0 aliphatic heterocycles. The highest BCUT2D eigenvalue weighted by molar-refractivity contribution is 6.01. The molecule has 4 heteroatoms. The van der Waals surface area contributed by atoms with Crippen molar-refractivity contribution in [2.45, 2.75) is 18.9 Å². The minimum absolute atomic E-state index is 0.481. The molecule has 0 radical (unpaired) electrons. The van der Waals surface area contributed by atoms with E-state index < -0.39 is 11.5 Å². The highest BCUT2D eigenvalue weighted by Crippen LogP contribution is 2.30. The molecule has 4 nitrogen and oxygen atoms in total. The first-order valence-electron chi connectivity index (χ1n) is 11.0. The topological polar surface area (TPSA) is 61.7 Å². The summed E-state index contributed by atoms with van der Waals surface area (Å²) in [6, 6.07) is 36.1. The van der Waals surface area contributed by atoms with Crippen molar-refractivity contribution in [2.75, 3.05) is 0 Å². The fourth-order valence-corrected chi connectivity index (χ4v) is 3.82. The Kier molecular flexibility index (Phi) is 6.77. The van der Waals surface area contributed by atoms with Crippen molar-refractivity contribution in [3.8, 4) is 11.1 Å². The van der Waals surface area contributed by atoms with Crippen molar-refractivity contribution in [3.05, 3.63) is 132 Å². The number of aliphatic hydroxyl groups is 1. The van der Waals surface area contributed by atoms with E-state index in [2.05, 4.69) is 22.7 Å².